The van der Waals surface area contributed by atoms with E-state index < -0.39 is 35.7 Å². The lowest BCUT2D eigenvalue weighted by Gasteiger charge is -2.27. The number of halogens is 1. The molecule has 1 aliphatic heterocycles. The molecule has 1 saturated carbocycles. The Morgan fingerprint density at radius 3 is 2.27 bits per heavy atom. The van der Waals surface area contributed by atoms with Crippen LogP contribution in [0.5, 0.6) is 0 Å². The summed E-state index contributed by atoms with van der Waals surface area (Å²) in [6.45, 7) is 0. The highest BCUT2D eigenvalue weighted by Crippen LogP contribution is 2.34. The van der Waals surface area contributed by atoms with Crippen molar-refractivity contribution in [2.75, 3.05) is 17.3 Å². The molecule has 4 amide bonds. The Labute approximate surface area is 190 Å². The molecule has 0 bridgehead atoms. The zero-order chi connectivity index (χ0) is 23.5. The highest BCUT2D eigenvalue weighted by atomic mass is 19.1. The second-order valence-electron chi connectivity index (χ2n) is 8.12. The fourth-order valence-electron chi connectivity index (χ4n) is 4.41. The van der Waals surface area contributed by atoms with Crippen LogP contribution in [0, 0.1) is 5.82 Å². The van der Waals surface area contributed by atoms with E-state index in [1.54, 1.807) is 12.1 Å². The molecule has 1 aliphatic carbocycles. The number of carbonyl (C=O) groups is 4. The predicted octanol–water partition coefficient (Wildman–Crippen LogP) is 3.72. The summed E-state index contributed by atoms with van der Waals surface area (Å²) in [6.07, 6.45) is 3.22. The molecule has 2 fully saturated rings. The largest absolute Gasteiger partial charge is 0.465 e. The van der Waals surface area contributed by atoms with E-state index in [1.165, 1.54) is 48.4 Å². The normalized spacial score (nSPS) is 18.7. The highest BCUT2D eigenvalue weighted by molar-refractivity contribution is 6.22. The Morgan fingerprint density at radius 1 is 1.03 bits per heavy atom. The first-order chi connectivity index (χ1) is 15.9. The van der Waals surface area contributed by atoms with Crippen molar-refractivity contribution in [2.24, 2.45) is 0 Å². The number of esters is 1. The van der Waals surface area contributed by atoms with Crippen molar-refractivity contribution in [3.8, 4) is 0 Å². The van der Waals surface area contributed by atoms with Gasteiger partial charge in [-0.1, -0.05) is 12.8 Å². The van der Waals surface area contributed by atoms with Crippen molar-refractivity contribution >= 4 is 35.2 Å². The Hall–Kier alpha value is -3.75. The maximum atomic E-state index is 13.4. The molecule has 8 nitrogen and oxygen atoms in total. The van der Waals surface area contributed by atoms with Crippen molar-refractivity contribution in [1.29, 1.82) is 0 Å². The van der Waals surface area contributed by atoms with Gasteiger partial charge in [0.15, 0.2) is 0 Å². The quantitative estimate of drug-likeness (QED) is 0.531. The molecule has 1 saturated heterocycles. The van der Waals surface area contributed by atoms with Gasteiger partial charge in [0, 0.05) is 11.7 Å². The maximum Gasteiger partial charge on any atom is 0.337 e. The number of ether oxygens (including phenoxy) is 1. The highest BCUT2D eigenvalue weighted by Gasteiger charge is 2.49. The zero-order valence-corrected chi connectivity index (χ0v) is 18.1. The molecule has 33 heavy (non-hydrogen) atoms. The first-order valence-corrected chi connectivity index (χ1v) is 10.8. The molecule has 0 unspecified atom stereocenters. The van der Waals surface area contributed by atoms with E-state index >= 15 is 0 Å². The molecule has 9 heteroatoms. The van der Waals surface area contributed by atoms with Gasteiger partial charge in [0.25, 0.3) is 5.91 Å². The molecule has 1 N–H and O–H groups in total. The van der Waals surface area contributed by atoms with E-state index in [4.69, 9.17) is 0 Å². The third-order valence-electron chi connectivity index (χ3n) is 6.02. The van der Waals surface area contributed by atoms with Crippen LogP contribution in [0.25, 0.3) is 0 Å². The van der Waals surface area contributed by atoms with Crippen molar-refractivity contribution in [1.82, 2.24) is 4.90 Å². The van der Waals surface area contributed by atoms with E-state index in [9.17, 15) is 23.6 Å². The number of imide groups is 1. The summed E-state index contributed by atoms with van der Waals surface area (Å²) >= 11 is 0. The number of benzene rings is 2. The number of nitrogens with zero attached hydrogens (tertiary/aromatic N) is 2. The van der Waals surface area contributed by atoms with Gasteiger partial charge in [0.2, 0.25) is 5.91 Å². The molecule has 172 valence electrons. The average Bonchev–Trinajstić information content (AvgIpc) is 3.41. The van der Waals surface area contributed by atoms with E-state index in [0.29, 0.717) is 11.3 Å². The molecule has 1 heterocycles. The van der Waals surface area contributed by atoms with Gasteiger partial charge >= 0.3 is 12.0 Å². The van der Waals surface area contributed by atoms with E-state index in [1.807, 2.05) is 0 Å². The summed E-state index contributed by atoms with van der Waals surface area (Å²) in [4.78, 5) is 53.4. The Bertz CT molecular complexity index is 1060. The van der Waals surface area contributed by atoms with Gasteiger partial charge in [0.1, 0.15) is 11.9 Å². The molecule has 0 radical (unpaired) electrons. The number of methoxy groups -OCH3 is 1. The third-order valence-corrected chi connectivity index (χ3v) is 6.02. The minimum Gasteiger partial charge on any atom is -0.465 e. The summed E-state index contributed by atoms with van der Waals surface area (Å²) in [5, 5.41) is 2.71. The summed E-state index contributed by atoms with van der Waals surface area (Å²) in [7, 11) is 1.28. The average molecular weight is 453 g/mol. The predicted molar refractivity (Wildman–Crippen MR) is 118 cm³/mol. The van der Waals surface area contributed by atoms with Crippen LogP contribution in [0.2, 0.25) is 0 Å². The van der Waals surface area contributed by atoms with Crippen molar-refractivity contribution in [3.63, 3.8) is 0 Å². The van der Waals surface area contributed by atoms with Crippen LogP contribution < -0.4 is 10.2 Å². The van der Waals surface area contributed by atoms with Gasteiger partial charge in [-0.2, -0.15) is 0 Å². The first kappa shape index (κ1) is 22.4. The number of anilines is 2. The maximum absolute atomic E-state index is 13.4. The van der Waals surface area contributed by atoms with E-state index in [2.05, 4.69) is 10.1 Å². The summed E-state index contributed by atoms with van der Waals surface area (Å²) < 4.78 is 18.0. The van der Waals surface area contributed by atoms with Crippen molar-refractivity contribution in [2.45, 2.75) is 44.2 Å². The second-order valence-corrected chi connectivity index (χ2v) is 8.12. The standard InChI is InChI=1S/C24H24FN3O5/c1-33-23(31)15-6-10-17(11-7-15)26-21(29)14-20-22(30)28(19-12-8-16(25)9-13-19)24(32)27(20)18-4-2-3-5-18/h6-13,18,20H,2-5,14H2,1H3,(H,26,29)/t20-/m1/s1. The van der Waals surface area contributed by atoms with Crippen LogP contribution in [0.4, 0.5) is 20.6 Å². The number of urea groups is 1. The Balaban J connectivity index is 1.52. The first-order valence-electron chi connectivity index (χ1n) is 10.8. The summed E-state index contributed by atoms with van der Waals surface area (Å²) in [6, 6.07) is 9.74. The SMILES string of the molecule is COC(=O)c1ccc(NC(=O)C[C@@H]2C(=O)N(c3ccc(F)cc3)C(=O)N2C2CCCC2)cc1. The van der Waals surface area contributed by atoms with Crippen LogP contribution in [-0.4, -0.2) is 47.9 Å². The van der Waals surface area contributed by atoms with Crippen LogP contribution in [0.1, 0.15) is 42.5 Å². The van der Waals surface area contributed by atoms with E-state index in [0.717, 1.165) is 30.6 Å². The van der Waals surface area contributed by atoms with Crippen LogP contribution in [0.3, 0.4) is 0 Å². The van der Waals surface area contributed by atoms with Gasteiger partial charge in [-0.3, -0.25) is 9.59 Å². The summed E-state index contributed by atoms with van der Waals surface area (Å²) in [5.41, 5.74) is 1.07. The molecular weight excluding hydrogens is 429 g/mol. The lowest BCUT2D eigenvalue weighted by atomic mass is 10.1. The number of carbonyl (C=O) groups excluding carboxylic acids is 4. The van der Waals surface area contributed by atoms with Crippen molar-refractivity contribution < 1.29 is 28.3 Å². The Kier molecular flexibility index (Phi) is 6.39. The zero-order valence-electron chi connectivity index (χ0n) is 18.1. The molecule has 1 atom stereocenters. The monoisotopic (exact) mass is 453 g/mol. The van der Waals surface area contributed by atoms with Gasteiger partial charge in [-0.15, -0.1) is 0 Å². The molecule has 4 rings (SSSR count). The molecular formula is C24H24FN3O5. The fourth-order valence-corrected chi connectivity index (χ4v) is 4.41. The third kappa shape index (κ3) is 4.57. The van der Waals surface area contributed by atoms with E-state index in [-0.39, 0.29) is 18.2 Å². The lowest BCUT2D eigenvalue weighted by Crippen LogP contribution is -2.43. The summed E-state index contributed by atoms with van der Waals surface area (Å²) in [5.74, 6) is -1.90. The lowest BCUT2D eigenvalue weighted by molar-refractivity contribution is -0.124. The number of nitrogens with one attached hydrogen (secondary N) is 1. The molecule has 0 spiro atoms. The number of hydrogen-bond donors (Lipinski definition) is 1. The van der Waals surface area contributed by atoms with Crippen molar-refractivity contribution in [3.05, 3.63) is 59.9 Å². The number of amides is 4. The molecule has 2 aliphatic rings. The van der Waals surface area contributed by atoms with Gasteiger partial charge in [0.05, 0.1) is 24.8 Å². The Morgan fingerprint density at radius 2 is 1.67 bits per heavy atom. The van der Waals surface area contributed by atoms with Gasteiger partial charge in [-0.05, 0) is 61.4 Å². The second kappa shape index (κ2) is 9.40. The van der Waals surface area contributed by atoms with Gasteiger partial charge < -0.3 is 15.0 Å². The van der Waals surface area contributed by atoms with Crippen LogP contribution in [-0.2, 0) is 14.3 Å². The van der Waals surface area contributed by atoms with Crippen LogP contribution >= 0.6 is 0 Å². The van der Waals surface area contributed by atoms with Gasteiger partial charge in [-0.25, -0.2) is 18.9 Å². The number of hydrogen-bond acceptors (Lipinski definition) is 5. The molecule has 2 aromatic carbocycles. The molecule has 0 aromatic heterocycles. The number of rotatable bonds is 6. The minimum atomic E-state index is -0.944. The fraction of sp³-hybridized carbons (Fsp3) is 0.333. The molecule has 2 aromatic rings. The topological polar surface area (TPSA) is 96.0 Å². The van der Waals surface area contributed by atoms with Crippen LogP contribution in [0.15, 0.2) is 48.5 Å². The smallest absolute Gasteiger partial charge is 0.337 e. The minimum absolute atomic E-state index is 0.121.